The molecule has 0 aromatic rings. The van der Waals surface area contributed by atoms with Crippen molar-refractivity contribution in [2.75, 3.05) is 0 Å². The zero-order valence-electron chi connectivity index (χ0n) is 14.7. The molecule has 1 fully saturated rings. The second-order valence-electron chi connectivity index (χ2n) is 5.56. The summed E-state index contributed by atoms with van der Waals surface area (Å²) in [6, 6.07) is 0. The van der Waals surface area contributed by atoms with Gasteiger partial charge in [-0.3, -0.25) is 22.6 Å². The van der Waals surface area contributed by atoms with Crippen LogP contribution in [-0.2, 0) is 50.0 Å². The van der Waals surface area contributed by atoms with Crippen molar-refractivity contribution in [3.05, 3.63) is 0 Å². The van der Waals surface area contributed by atoms with Gasteiger partial charge in [0, 0.05) is 0 Å². The summed E-state index contributed by atoms with van der Waals surface area (Å²) in [6.07, 6.45) is -15.0. The number of rotatable bonds is 12. The highest BCUT2D eigenvalue weighted by Crippen LogP contribution is 2.54. The Kier molecular flexibility index (Phi) is 11.3. The van der Waals surface area contributed by atoms with Crippen molar-refractivity contribution in [2.24, 2.45) is 0 Å². The van der Waals surface area contributed by atoms with Crippen molar-refractivity contribution in [3.63, 3.8) is 0 Å². The summed E-state index contributed by atoms with van der Waals surface area (Å²) in [5, 5.41) is 0. The number of phosphoric ester groups is 4. The Morgan fingerprint density at radius 2 is 0.844 bits per heavy atom. The Balaban J connectivity index is 3.79. The Hall–Kier alpha value is 0.850. The topological polar surface area (TPSA) is 323 Å². The van der Waals surface area contributed by atoms with Gasteiger partial charge in [-0.2, -0.15) is 0 Å². The molecule has 0 aromatic heterocycles. The molecule has 0 bridgehead atoms. The van der Waals surface area contributed by atoms with Crippen molar-refractivity contribution in [1.29, 1.82) is 0 Å². The smallest absolute Gasteiger partial charge is 0.352 e. The van der Waals surface area contributed by atoms with Gasteiger partial charge in [0.05, 0.1) is 0 Å². The molecule has 0 amide bonds. The molecule has 7 atom stereocenters. The minimum atomic E-state index is -5.74. The molecule has 26 heteroatoms. The van der Waals surface area contributed by atoms with Gasteiger partial charge in [0.25, 0.3) is 0 Å². The molecule has 20 nitrogen and oxygen atoms in total. The molecule has 0 saturated heterocycles. The third-order valence-corrected chi connectivity index (χ3v) is 6.11. The van der Waals surface area contributed by atoms with E-state index in [9.17, 15) is 22.8 Å². The largest absolute Gasteiger partial charge is 0.470 e. The highest BCUT2D eigenvalue weighted by atomic mass is 31.2. The van der Waals surface area contributed by atoms with Crippen LogP contribution in [-0.4, -0.2) is 80.7 Å². The van der Waals surface area contributed by atoms with Gasteiger partial charge >= 0.3 is 40.0 Å². The van der Waals surface area contributed by atoms with E-state index in [2.05, 4.69) is 22.6 Å². The zero-order valence-corrected chi connectivity index (χ0v) is 20.2. The molecule has 1 rings (SSSR count). The van der Waals surface area contributed by atoms with Crippen LogP contribution in [0.2, 0.25) is 0 Å². The molecular formula is C6H16O20P6. The normalized spacial score (nSPS) is 30.9. The van der Waals surface area contributed by atoms with E-state index < -0.39 is 85.6 Å². The lowest BCUT2D eigenvalue weighted by Gasteiger charge is -2.47. The highest BCUT2D eigenvalue weighted by Gasteiger charge is 2.60. The Morgan fingerprint density at radius 1 is 0.562 bits per heavy atom. The van der Waals surface area contributed by atoms with Crippen LogP contribution in [0.4, 0.5) is 0 Å². The SMILES string of the molecule is O=POC1C(OPO)C(OP(=O)(O)O)C(OP(=O)(O)O)C(OP(=O)(O)O)C1OP(=O)(O)O. The monoisotopic (exact) mass is 594 g/mol. The van der Waals surface area contributed by atoms with Crippen LogP contribution in [0.25, 0.3) is 0 Å². The predicted molar refractivity (Wildman–Crippen MR) is 95.6 cm³/mol. The quantitative estimate of drug-likeness (QED) is 0.115. The van der Waals surface area contributed by atoms with Crippen LogP contribution in [0.1, 0.15) is 0 Å². The maximum absolute atomic E-state index is 11.4. The molecule has 32 heavy (non-hydrogen) atoms. The van der Waals surface area contributed by atoms with Crippen molar-refractivity contribution in [2.45, 2.75) is 36.6 Å². The Labute approximate surface area is 180 Å². The van der Waals surface area contributed by atoms with Crippen LogP contribution >= 0.6 is 49.0 Å². The summed E-state index contributed by atoms with van der Waals surface area (Å²) in [4.78, 5) is 82.1. The van der Waals surface area contributed by atoms with Crippen LogP contribution in [0.5, 0.6) is 0 Å². The lowest BCUT2D eigenvalue weighted by molar-refractivity contribution is -0.193. The Bertz CT molecular complexity index is 820. The van der Waals surface area contributed by atoms with E-state index in [1.807, 2.05) is 0 Å². The van der Waals surface area contributed by atoms with E-state index in [0.717, 1.165) is 0 Å². The third kappa shape index (κ3) is 10.6. The first-order valence-corrected chi connectivity index (χ1v) is 15.0. The van der Waals surface area contributed by atoms with Crippen molar-refractivity contribution < 1.29 is 94.0 Å². The second kappa shape index (κ2) is 11.7. The van der Waals surface area contributed by atoms with E-state index in [0.29, 0.717) is 0 Å². The number of hydrogen-bond donors (Lipinski definition) is 9. The first-order valence-electron chi connectivity index (χ1n) is 7.27. The van der Waals surface area contributed by atoms with Gasteiger partial charge in [-0.05, 0) is 0 Å². The first kappa shape index (κ1) is 30.9. The van der Waals surface area contributed by atoms with E-state index in [1.165, 1.54) is 0 Å². The van der Waals surface area contributed by atoms with Gasteiger partial charge in [-0.25, -0.2) is 22.8 Å². The van der Waals surface area contributed by atoms with Crippen molar-refractivity contribution in [3.8, 4) is 0 Å². The Morgan fingerprint density at radius 3 is 1.09 bits per heavy atom. The minimum absolute atomic E-state index is 1.33. The fraction of sp³-hybridized carbons (Fsp3) is 1.00. The first-order chi connectivity index (χ1) is 14.3. The summed E-state index contributed by atoms with van der Waals surface area (Å²) < 4.78 is 82.9. The van der Waals surface area contributed by atoms with Gasteiger partial charge in [-0.1, -0.05) is 0 Å². The fourth-order valence-corrected chi connectivity index (χ4v) is 5.56. The van der Waals surface area contributed by atoms with Gasteiger partial charge in [0.2, 0.25) is 0 Å². The molecule has 7 unspecified atom stereocenters. The van der Waals surface area contributed by atoms with Crippen LogP contribution < -0.4 is 0 Å². The molecule has 0 aromatic carbocycles. The third-order valence-electron chi connectivity index (χ3n) is 3.33. The maximum atomic E-state index is 11.4. The van der Waals surface area contributed by atoms with Crippen molar-refractivity contribution >= 4 is 49.0 Å². The fourth-order valence-electron chi connectivity index (χ4n) is 2.60. The van der Waals surface area contributed by atoms with Gasteiger partial charge < -0.3 is 48.6 Å². The number of hydrogen-bond acceptors (Lipinski definition) is 12. The molecule has 1 aliphatic carbocycles. The lowest BCUT2D eigenvalue weighted by Crippen LogP contribution is -2.66. The maximum Gasteiger partial charge on any atom is 0.470 e. The van der Waals surface area contributed by atoms with Gasteiger partial charge in [0.1, 0.15) is 36.6 Å². The van der Waals surface area contributed by atoms with Crippen LogP contribution in [0.3, 0.4) is 0 Å². The number of phosphoric acid groups is 4. The molecule has 9 N–H and O–H groups in total. The molecular weight excluding hydrogens is 578 g/mol. The highest BCUT2D eigenvalue weighted by molar-refractivity contribution is 7.47. The minimum Gasteiger partial charge on any atom is -0.352 e. The summed E-state index contributed by atoms with van der Waals surface area (Å²) in [5.41, 5.74) is 0. The summed E-state index contributed by atoms with van der Waals surface area (Å²) >= 11 is 0. The summed E-state index contributed by atoms with van der Waals surface area (Å²) in [5.74, 6) is 0. The molecule has 0 radical (unpaired) electrons. The predicted octanol–water partition coefficient (Wildman–Crippen LogP) is -1.61. The second-order valence-corrected chi connectivity index (χ2v) is 11.1. The van der Waals surface area contributed by atoms with Crippen LogP contribution in [0.15, 0.2) is 0 Å². The molecule has 1 saturated carbocycles. The van der Waals surface area contributed by atoms with E-state index in [4.69, 9.17) is 48.6 Å². The van der Waals surface area contributed by atoms with Gasteiger partial charge in [0.15, 0.2) is 9.03 Å². The lowest BCUT2D eigenvalue weighted by atomic mass is 9.85. The molecule has 190 valence electrons. The van der Waals surface area contributed by atoms with E-state index >= 15 is 0 Å². The van der Waals surface area contributed by atoms with E-state index in [1.54, 1.807) is 0 Å². The molecule has 0 spiro atoms. The van der Waals surface area contributed by atoms with Crippen LogP contribution in [0, 0.1) is 0 Å². The van der Waals surface area contributed by atoms with E-state index in [-0.39, 0.29) is 0 Å². The summed E-state index contributed by atoms with van der Waals surface area (Å²) in [6.45, 7) is 0. The zero-order chi connectivity index (χ0) is 25.1. The van der Waals surface area contributed by atoms with Crippen molar-refractivity contribution in [1.82, 2.24) is 0 Å². The molecule has 0 heterocycles. The summed E-state index contributed by atoms with van der Waals surface area (Å²) in [7, 11) is -25.7. The molecule has 0 aliphatic heterocycles. The van der Waals surface area contributed by atoms with Gasteiger partial charge in [-0.15, -0.1) is 0 Å². The standard InChI is InChI=1S/C6H16O20P6/c7-27-21-1-2(22-28-8)4(24-30(12,13)14)6(26-32(18,19)20)5(25-31(15,16)17)3(1)23-29(9,10)11/h1-7,27H,(H2,9,10,11)(H2,12,13,14)(H2,15,16,17)(H2,18,19,20). The molecule has 1 aliphatic rings. The average Bonchev–Trinajstić information content (AvgIpc) is 2.53. The average molecular weight is 594 g/mol.